The number of ether oxygens (including phenoxy) is 2. The Kier molecular flexibility index (Phi) is 6.47. The van der Waals surface area contributed by atoms with Crippen LogP contribution < -0.4 is 4.74 Å². The van der Waals surface area contributed by atoms with E-state index in [1.807, 2.05) is 20.8 Å². The van der Waals surface area contributed by atoms with E-state index in [4.69, 9.17) is 14.0 Å². The third kappa shape index (κ3) is 4.99. The van der Waals surface area contributed by atoms with Gasteiger partial charge >= 0.3 is 5.97 Å². The molecule has 2 heterocycles. The van der Waals surface area contributed by atoms with Gasteiger partial charge in [0, 0.05) is 18.5 Å². The van der Waals surface area contributed by atoms with Gasteiger partial charge in [0.2, 0.25) is 10.0 Å². The Morgan fingerprint density at radius 1 is 1.27 bits per heavy atom. The monoisotopic (exact) mass is 437 g/mol. The molecule has 1 aliphatic heterocycles. The predicted molar refractivity (Wildman–Crippen MR) is 107 cm³/mol. The number of esters is 1. The molecule has 1 aromatic heterocycles. The Balaban J connectivity index is 1.62. The van der Waals surface area contributed by atoms with E-state index in [0.717, 1.165) is 0 Å². The number of rotatable bonds is 6. The summed E-state index contributed by atoms with van der Waals surface area (Å²) in [5.41, 5.74) is -0.272. The second kappa shape index (κ2) is 8.73. The lowest BCUT2D eigenvalue weighted by Gasteiger charge is -2.30. The molecular weight excluding hydrogens is 410 g/mol. The van der Waals surface area contributed by atoms with E-state index in [-0.39, 0.29) is 29.4 Å². The minimum absolute atomic E-state index is 0.0737. The first-order valence-corrected chi connectivity index (χ1v) is 11.2. The minimum atomic E-state index is -3.70. The van der Waals surface area contributed by atoms with Crippen molar-refractivity contribution in [3.63, 3.8) is 0 Å². The smallest absolute Gasteiger partial charge is 0.310 e. The Hall–Kier alpha value is -2.46. The number of piperidine rings is 1. The molecule has 0 bridgehead atoms. The standard InChI is InChI=1S/C20H27N3O6S/c1-20(2,3)19-21-17(29-22-19)13-28-18(24)14-6-5-11-23(12-14)30(25,26)16-9-7-15(27-4)8-10-16/h7-10,14H,5-6,11-13H2,1-4H3. The van der Waals surface area contributed by atoms with Crippen LogP contribution in [-0.2, 0) is 31.6 Å². The minimum Gasteiger partial charge on any atom is -0.497 e. The van der Waals surface area contributed by atoms with Crippen LogP contribution in [-0.4, -0.2) is 49.0 Å². The van der Waals surface area contributed by atoms with Crippen molar-refractivity contribution in [3.8, 4) is 5.75 Å². The topological polar surface area (TPSA) is 112 Å². The van der Waals surface area contributed by atoms with E-state index in [2.05, 4.69) is 10.1 Å². The zero-order valence-electron chi connectivity index (χ0n) is 17.6. The highest BCUT2D eigenvalue weighted by Gasteiger charge is 2.34. The first-order valence-electron chi connectivity index (χ1n) is 9.75. The first-order chi connectivity index (χ1) is 14.1. The number of hydrogen-bond donors (Lipinski definition) is 0. The fourth-order valence-electron chi connectivity index (χ4n) is 3.12. The molecule has 0 amide bonds. The van der Waals surface area contributed by atoms with Crippen molar-refractivity contribution in [2.75, 3.05) is 20.2 Å². The van der Waals surface area contributed by atoms with E-state index >= 15 is 0 Å². The zero-order chi connectivity index (χ0) is 21.9. The average Bonchev–Trinajstić information content (AvgIpc) is 3.22. The van der Waals surface area contributed by atoms with Gasteiger partial charge in [-0.15, -0.1) is 0 Å². The van der Waals surface area contributed by atoms with Crippen LogP contribution in [0, 0.1) is 5.92 Å². The number of carbonyl (C=O) groups is 1. The second-order valence-electron chi connectivity index (χ2n) is 8.25. The molecule has 0 N–H and O–H groups in total. The highest BCUT2D eigenvalue weighted by Crippen LogP contribution is 2.26. The molecule has 1 unspecified atom stereocenters. The molecule has 10 heteroatoms. The van der Waals surface area contributed by atoms with Crippen LogP contribution in [0.1, 0.15) is 45.3 Å². The van der Waals surface area contributed by atoms with Crippen molar-refractivity contribution in [3.05, 3.63) is 36.0 Å². The van der Waals surface area contributed by atoms with Crippen molar-refractivity contribution in [2.24, 2.45) is 5.92 Å². The molecule has 1 aromatic carbocycles. The highest BCUT2D eigenvalue weighted by molar-refractivity contribution is 7.89. The maximum atomic E-state index is 12.9. The van der Waals surface area contributed by atoms with Crippen LogP contribution in [0.15, 0.2) is 33.7 Å². The van der Waals surface area contributed by atoms with Crippen molar-refractivity contribution < 1.29 is 27.2 Å². The fourth-order valence-corrected chi connectivity index (χ4v) is 4.64. The van der Waals surface area contributed by atoms with Gasteiger partial charge in [0.05, 0.1) is 17.9 Å². The van der Waals surface area contributed by atoms with Crippen molar-refractivity contribution in [1.82, 2.24) is 14.4 Å². The Morgan fingerprint density at radius 2 is 1.97 bits per heavy atom. The summed E-state index contributed by atoms with van der Waals surface area (Å²) < 4.78 is 42.7. The maximum absolute atomic E-state index is 12.9. The number of sulfonamides is 1. The predicted octanol–water partition coefficient (Wildman–Crippen LogP) is 2.52. The lowest BCUT2D eigenvalue weighted by Crippen LogP contribution is -2.42. The SMILES string of the molecule is COc1ccc(S(=O)(=O)N2CCCC(C(=O)OCc3nc(C(C)(C)C)no3)C2)cc1. The highest BCUT2D eigenvalue weighted by atomic mass is 32.2. The molecule has 0 spiro atoms. The van der Waals surface area contributed by atoms with Gasteiger partial charge in [-0.25, -0.2) is 8.42 Å². The van der Waals surface area contributed by atoms with Crippen LogP contribution in [0.4, 0.5) is 0 Å². The van der Waals surface area contributed by atoms with E-state index < -0.39 is 21.9 Å². The molecule has 1 fully saturated rings. The summed E-state index contributed by atoms with van der Waals surface area (Å²) in [5.74, 6) is 0.302. The van der Waals surface area contributed by atoms with Crippen LogP contribution in [0.2, 0.25) is 0 Å². The van der Waals surface area contributed by atoms with E-state index in [1.54, 1.807) is 12.1 Å². The summed E-state index contributed by atoms with van der Waals surface area (Å²) >= 11 is 0. The molecular formula is C20H27N3O6S. The molecule has 9 nitrogen and oxygen atoms in total. The van der Waals surface area contributed by atoms with Gasteiger partial charge in [-0.1, -0.05) is 25.9 Å². The van der Waals surface area contributed by atoms with Gasteiger partial charge < -0.3 is 14.0 Å². The molecule has 0 saturated carbocycles. The number of methoxy groups -OCH3 is 1. The van der Waals surface area contributed by atoms with Crippen LogP contribution in [0.3, 0.4) is 0 Å². The molecule has 2 aromatic rings. The first kappa shape index (κ1) is 22.2. The Labute approximate surface area is 176 Å². The molecule has 1 saturated heterocycles. The number of hydrogen-bond acceptors (Lipinski definition) is 8. The lowest BCUT2D eigenvalue weighted by molar-refractivity contribution is -0.151. The third-order valence-corrected chi connectivity index (χ3v) is 6.77. The molecule has 0 radical (unpaired) electrons. The molecule has 30 heavy (non-hydrogen) atoms. The summed E-state index contributed by atoms with van der Waals surface area (Å²) in [5, 5.41) is 3.89. The molecule has 0 aliphatic carbocycles. The van der Waals surface area contributed by atoms with Crippen LogP contribution in [0.5, 0.6) is 5.75 Å². The zero-order valence-corrected chi connectivity index (χ0v) is 18.4. The second-order valence-corrected chi connectivity index (χ2v) is 10.2. The summed E-state index contributed by atoms with van der Waals surface area (Å²) in [4.78, 5) is 16.9. The van der Waals surface area contributed by atoms with Gasteiger partial charge in [-0.05, 0) is 37.1 Å². The summed E-state index contributed by atoms with van der Waals surface area (Å²) in [7, 11) is -2.19. The van der Waals surface area contributed by atoms with Gasteiger partial charge in [0.15, 0.2) is 12.4 Å². The number of carbonyl (C=O) groups excluding carboxylic acids is 1. The third-order valence-electron chi connectivity index (χ3n) is 4.89. The Morgan fingerprint density at radius 3 is 2.57 bits per heavy atom. The molecule has 3 rings (SSSR count). The summed E-state index contributed by atoms with van der Waals surface area (Å²) in [6.45, 7) is 6.15. The van der Waals surface area contributed by atoms with Gasteiger partial charge in [0.1, 0.15) is 5.75 Å². The van der Waals surface area contributed by atoms with Crippen molar-refractivity contribution in [1.29, 1.82) is 0 Å². The normalized spacial score (nSPS) is 18.2. The lowest BCUT2D eigenvalue weighted by atomic mass is 9.96. The molecule has 1 atom stereocenters. The Bertz CT molecular complexity index is 979. The summed E-state index contributed by atoms with van der Waals surface area (Å²) in [6, 6.07) is 6.19. The fraction of sp³-hybridized carbons (Fsp3) is 0.550. The maximum Gasteiger partial charge on any atom is 0.310 e. The van der Waals surface area contributed by atoms with E-state index in [1.165, 1.54) is 23.5 Å². The number of aromatic nitrogens is 2. The number of nitrogens with zero attached hydrogens (tertiary/aromatic N) is 3. The van der Waals surface area contributed by atoms with Crippen molar-refractivity contribution in [2.45, 2.75) is 50.5 Å². The van der Waals surface area contributed by atoms with E-state index in [9.17, 15) is 13.2 Å². The van der Waals surface area contributed by atoms with E-state index in [0.29, 0.717) is 31.0 Å². The van der Waals surface area contributed by atoms with Crippen molar-refractivity contribution >= 4 is 16.0 Å². The summed E-state index contributed by atoms with van der Waals surface area (Å²) in [6.07, 6.45) is 1.13. The quantitative estimate of drug-likeness (QED) is 0.634. The molecule has 164 valence electrons. The van der Waals surface area contributed by atoms with Gasteiger partial charge in [-0.3, -0.25) is 4.79 Å². The van der Waals surface area contributed by atoms with Crippen LogP contribution >= 0.6 is 0 Å². The molecule has 1 aliphatic rings. The average molecular weight is 438 g/mol. The number of benzene rings is 1. The van der Waals surface area contributed by atoms with Gasteiger partial charge in [-0.2, -0.15) is 9.29 Å². The largest absolute Gasteiger partial charge is 0.497 e. The van der Waals surface area contributed by atoms with Gasteiger partial charge in [0.25, 0.3) is 5.89 Å². The van der Waals surface area contributed by atoms with Crippen LogP contribution in [0.25, 0.3) is 0 Å².